The summed E-state index contributed by atoms with van der Waals surface area (Å²) in [6.45, 7) is 6.34. The van der Waals surface area contributed by atoms with Crippen molar-refractivity contribution < 1.29 is 53.7 Å². The lowest BCUT2D eigenvalue weighted by Gasteiger charge is -2.29. The molecule has 0 radical (unpaired) electrons. The number of aliphatic hydroxyl groups excluding tert-OH is 1. The number of carbonyl (C=O) groups is 8. The zero-order valence-electron chi connectivity index (χ0n) is 35.4. The number of hydrogen-bond acceptors (Lipinski definition) is 13. The highest BCUT2D eigenvalue weighted by molar-refractivity contribution is 5.98. The van der Waals surface area contributed by atoms with Crippen molar-refractivity contribution in [2.24, 2.45) is 56.2 Å². The van der Waals surface area contributed by atoms with Gasteiger partial charge < -0.3 is 81.6 Å². The summed E-state index contributed by atoms with van der Waals surface area (Å²) < 4.78 is 0. The number of nitrogens with one attached hydrogen (secondary N) is 6. The van der Waals surface area contributed by atoms with E-state index < -0.39 is 109 Å². The Labute approximate surface area is 354 Å². The summed E-state index contributed by atoms with van der Waals surface area (Å²) in [5.41, 5.74) is 32.7. The first kappa shape index (κ1) is 55.2. The summed E-state index contributed by atoms with van der Waals surface area (Å²) in [7, 11) is 0. The molecule has 6 amide bonds. The lowest BCUT2D eigenvalue weighted by atomic mass is 9.98. The van der Waals surface area contributed by atoms with Crippen LogP contribution in [0.4, 0.5) is 0 Å². The molecule has 348 valence electrons. The number of aliphatic carboxylic acids is 2. The van der Waals surface area contributed by atoms with E-state index in [4.69, 9.17) is 34.4 Å². The maximum Gasteiger partial charge on any atom is 0.326 e. The molecule has 21 N–H and O–H groups in total. The van der Waals surface area contributed by atoms with Crippen molar-refractivity contribution in [3.8, 4) is 0 Å². The minimum Gasteiger partial charge on any atom is -0.481 e. The molecule has 0 aromatic heterocycles. The molecular formula is C36H68N14O11. The van der Waals surface area contributed by atoms with Gasteiger partial charge in [0, 0.05) is 13.1 Å². The Balaban J connectivity index is 6.17. The van der Waals surface area contributed by atoms with Gasteiger partial charge in [-0.05, 0) is 69.7 Å². The number of amides is 6. The third kappa shape index (κ3) is 23.5. The topological polar surface area (TPSA) is 450 Å². The third-order valence-corrected chi connectivity index (χ3v) is 8.86. The van der Waals surface area contributed by atoms with Crippen LogP contribution >= 0.6 is 0 Å². The standard InChI is InChI=1S/C36H68N14O11/c1-18(2)15-23(31(57)50-27(19(3)4)33(59)46-22(34(60)61)11-8-14-44-36(41)42)47-29(55)21(10-5-6-12-37)45-30(56)24(16-26(52)53)48-32(58)25(17-51)49-28(54)20(38)9-7-13-43-35(39)40/h18-25,27,51H,5-17,37-38H2,1-4H3,(H,45,56)(H,46,59)(H,47,55)(H,48,58)(H,49,54)(H,50,57)(H,52,53)(H,60,61)(H4,39,40,43)(H4,41,42,44)/t20-,21-,22-,23-,24-,25-,27-/m0/s1. The van der Waals surface area contributed by atoms with E-state index in [2.05, 4.69) is 41.9 Å². The first-order valence-electron chi connectivity index (χ1n) is 20.0. The third-order valence-electron chi connectivity index (χ3n) is 8.86. The number of aliphatic hydroxyl groups is 1. The van der Waals surface area contributed by atoms with Gasteiger partial charge in [0.05, 0.1) is 19.1 Å². The average molecular weight is 873 g/mol. The molecule has 25 nitrogen and oxygen atoms in total. The van der Waals surface area contributed by atoms with Gasteiger partial charge in [-0.3, -0.25) is 43.5 Å². The van der Waals surface area contributed by atoms with Gasteiger partial charge in [-0.1, -0.05) is 27.7 Å². The van der Waals surface area contributed by atoms with Crippen molar-refractivity contribution in [1.82, 2.24) is 31.9 Å². The molecule has 61 heavy (non-hydrogen) atoms. The lowest BCUT2D eigenvalue weighted by molar-refractivity contribution is -0.143. The van der Waals surface area contributed by atoms with E-state index in [0.717, 1.165) is 0 Å². The summed E-state index contributed by atoms with van der Waals surface area (Å²) in [6, 6.07) is -9.83. The molecular weight excluding hydrogens is 804 g/mol. The number of carboxylic acids is 2. The molecule has 0 unspecified atom stereocenters. The molecule has 0 saturated carbocycles. The van der Waals surface area contributed by atoms with Crippen LogP contribution in [0.15, 0.2) is 9.98 Å². The van der Waals surface area contributed by atoms with Gasteiger partial charge in [-0.2, -0.15) is 0 Å². The smallest absolute Gasteiger partial charge is 0.326 e. The molecule has 0 fully saturated rings. The van der Waals surface area contributed by atoms with Gasteiger partial charge >= 0.3 is 11.9 Å². The molecule has 0 bridgehead atoms. The van der Waals surface area contributed by atoms with E-state index in [-0.39, 0.29) is 69.6 Å². The molecule has 0 aliphatic carbocycles. The SMILES string of the molecule is CC(C)C[C@H](NC(=O)[C@H](CCCCN)NC(=O)[C@H](CC(=O)O)NC(=O)[C@H](CO)NC(=O)[C@@H](N)CCCN=C(N)N)C(=O)N[C@H](C(=O)N[C@@H](CCCN=C(N)N)C(=O)O)C(C)C. The van der Waals surface area contributed by atoms with Crippen molar-refractivity contribution in [2.75, 3.05) is 26.2 Å². The average Bonchev–Trinajstić information content (AvgIpc) is 3.16. The predicted octanol–water partition coefficient (Wildman–Crippen LogP) is -5.29. The number of carboxylic acid groups (broad SMARTS) is 2. The van der Waals surface area contributed by atoms with E-state index in [1.807, 2.05) is 0 Å². The van der Waals surface area contributed by atoms with Crippen molar-refractivity contribution in [3.63, 3.8) is 0 Å². The number of nitrogens with two attached hydrogens (primary N) is 6. The van der Waals surface area contributed by atoms with Crippen LogP contribution in [0.2, 0.25) is 0 Å². The van der Waals surface area contributed by atoms with Gasteiger partial charge in [0.2, 0.25) is 35.4 Å². The summed E-state index contributed by atoms with van der Waals surface area (Å²) in [6.07, 6.45) is 0.372. The van der Waals surface area contributed by atoms with Gasteiger partial charge in [0.15, 0.2) is 11.9 Å². The van der Waals surface area contributed by atoms with Crippen molar-refractivity contribution >= 4 is 59.3 Å². The van der Waals surface area contributed by atoms with Crippen LogP contribution in [0, 0.1) is 11.8 Å². The Kier molecular flexibility index (Phi) is 26.6. The fourth-order valence-corrected chi connectivity index (χ4v) is 5.60. The largest absolute Gasteiger partial charge is 0.481 e. The Hall–Kier alpha value is -5.82. The van der Waals surface area contributed by atoms with E-state index in [1.54, 1.807) is 27.7 Å². The molecule has 0 spiro atoms. The Morgan fingerprint density at radius 3 is 1.51 bits per heavy atom. The van der Waals surface area contributed by atoms with Crippen LogP contribution in [0.5, 0.6) is 0 Å². The van der Waals surface area contributed by atoms with Crippen LogP contribution in [0.25, 0.3) is 0 Å². The molecule has 25 heteroatoms. The van der Waals surface area contributed by atoms with Gasteiger partial charge in [0.25, 0.3) is 0 Å². The number of nitrogens with zero attached hydrogens (tertiary/aromatic N) is 2. The van der Waals surface area contributed by atoms with Gasteiger partial charge in [-0.25, -0.2) is 4.79 Å². The first-order chi connectivity index (χ1) is 28.5. The second-order valence-electron chi connectivity index (χ2n) is 15.1. The quantitative estimate of drug-likeness (QED) is 0.0176. The number of aliphatic imine (C=N–C) groups is 2. The molecule has 0 aromatic carbocycles. The summed E-state index contributed by atoms with van der Waals surface area (Å²) in [4.78, 5) is 111. The maximum absolute atomic E-state index is 13.8. The second kappa shape index (κ2) is 29.4. The van der Waals surface area contributed by atoms with Crippen molar-refractivity contribution in [1.29, 1.82) is 0 Å². The zero-order valence-corrected chi connectivity index (χ0v) is 35.4. The lowest BCUT2D eigenvalue weighted by Crippen LogP contribution is -2.60. The summed E-state index contributed by atoms with van der Waals surface area (Å²) >= 11 is 0. The van der Waals surface area contributed by atoms with Crippen LogP contribution in [-0.4, -0.2) is 143 Å². The minimum atomic E-state index is -1.81. The highest BCUT2D eigenvalue weighted by Crippen LogP contribution is 2.11. The minimum absolute atomic E-state index is 0.0200. The van der Waals surface area contributed by atoms with Crippen LogP contribution in [-0.2, 0) is 38.4 Å². The fraction of sp³-hybridized carbons (Fsp3) is 0.722. The van der Waals surface area contributed by atoms with Gasteiger partial charge in [-0.15, -0.1) is 0 Å². The second-order valence-corrected chi connectivity index (χ2v) is 15.1. The predicted molar refractivity (Wildman–Crippen MR) is 224 cm³/mol. The number of rotatable bonds is 31. The highest BCUT2D eigenvalue weighted by atomic mass is 16.4. The Morgan fingerprint density at radius 2 is 1.02 bits per heavy atom. The van der Waals surface area contributed by atoms with E-state index >= 15 is 0 Å². The van der Waals surface area contributed by atoms with E-state index in [0.29, 0.717) is 19.3 Å². The fourth-order valence-electron chi connectivity index (χ4n) is 5.60. The molecule has 0 rings (SSSR count). The van der Waals surface area contributed by atoms with Crippen molar-refractivity contribution in [2.45, 2.75) is 128 Å². The monoisotopic (exact) mass is 873 g/mol. The number of unbranched alkanes of at least 4 members (excludes halogenated alkanes) is 1. The zero-order chi connectivity index (χ0) is 46.8. The molecule has 0 aromatic rings. The van der Waals surface area contributed by atoms with E-state index in [1.165, 1.54) is 0 Å². The number of hydrogen-bond donors (Lipinski definition) is 15. The van der Waals surface area contributed by atoms with Crippen molar-refractivity contribution in [3.05, 3.63) is 0 Å². The maximum atomic E-state index is 13.8. The van der Waals surface area contributed by atoms with Crippen LogP contribution < -0.4 is 66.3 Å². The molecule has 7 atom stereocenters. The molecule has 0 saturated heterocycles. The van der Waals surface area contributed by atoms with E-state index in [9.17, 15) is 53.7 Å². The van der Waals surface area contributed by atoms with Gasteiger partial charge in [0.1, 0.15) is 36.3 Å². The van der Waals surface area contributed by atoms with Crippen LogP contribution in [0.3, 0.4) is 0 Å². The molecule has 0 aliphatic heterocycles. The first-order valence-corrected chi connectivity index (χ1v) is 20.0. The summed E-state index contributed by atoms with van der Waals surface area (Å²) in [5, 5.41) is 43.6. The normalized spacial score (nSPS) is 14.4. The number of guanidine groups is 2. The molecule has 0 aliphatic rings. The number of carbonyl (C=O) groups excluding carboxylic acids is 6. The Morgan fingerprint density at radius 1 is 0.557 bits per heavy atom. The van der Waals surface area contributed by atoms with Crippen LogP contribution in [0.1, 0.15) is 85.5 Å². The molecule has 0 heterocycles. The summed E-state index contributed by atoms with van der Waals surface area (Å²) in [5.74, 6) is -9.44. The highest BCUT2D eigenvalue weighted by Gasteiger charge is 2.35. The Bertz CT molecular complexity index is 1520.